The third-order valence-corrected chi connectivity index (χ3v) is 5.73. The molecule has 1 saturated heterocycles. The monoisotopic (exact) mass is 380 g/mol. The van der Waals surface area contributed by atoms with Crippen LogP contribution in [0, 0.1) is 0 Å². The lowest BCUT2D eigenvalue weighted by molar-refractivity contribution is 0.475. The zero-order valence-corrected chi connectivity index (χ0v) is 16.3. The topological polar surface area (TPSA) is 44.0 Å². The van der Waals surface area contributed by atoms with Gasteiger partial charge in [-0.3, -0.25) is 0 Å². The van der Waals surface area contributed by atoms with E-state index < -0.39 is 0 Å². The molecule has 4 rings (SSSR count). The molecule has 0 amide bonds. The maximum atomic E-state index is 9.44. The Hall–Kier alpha value is -2.73. The van der Waals surface area contributed by atoms with E-state index in [-0.39, 0.29) is 0 Å². The second-order valence-electron chi connectivity index (χ2n) is 6.59. The van der Waals surface area contributed by atoms with E-state index in [2.05, 4.69) is 57.1 Å². The minimum absolute atomic E-state index is 0.315. The van der Waals surface area contributed by atoms with Gasteiger partial charge in [0.05, 0.1) is 5.69 Å². The van der Waals surface area contributed by atoms with Crippen LogP contribution in [0.15, 0.2) is 65.1 Å². The molecule has 1 aliphatic heterocycles. The van der Waals surface area contributed by atoms with E-state index in [1.54, 1.807) is 23.5 Å². The normalized spacial score (nSPS) is 15.4. The van der Waals surface area contributed by atoms with Crippen LogP contribution in [0.5, 0.6) is 5.75 Å². The summed E-state index contributed by atoms with van der Waals surface area (Å²) < 4.78 is 2.15. The van der Waals surface area contributed by atoms with Crippen LogP contribution in [0.25, 0.3) is 0 Å². The van der Waals surface area contributed by atoms with Crippen LogP contribution in [-0.2, 0) is 6.54 Å². The summed E-state index contributed by atoms with van der Waals surface area (Å²) in [6.07, 6.45) is 2.07. The van der Waals surface area contributed by atoms with Crippen molar-refractivity contribution in [3.8, 4) is 5.75 Å². The highest BCUT2D eigenvalue weighted by Gasteiger charge is 2.17. The number of aromatic hydroxyl groups is 1. The van der Waals surface area contributed by atoms with Crippen LogP contribution in [0.3, 0.4) is 0 Å². The summed E-state index contributed by atoms with van der Waals surface area (Å²) in [5.74, 6) is 0.315. The summed E-state index contributed by atoms with van der Waals surface area (Å²) in [6.45, 7) is 6.99. The maximum absolute atomic E-state index is 9.44. The van der Waals surface area contributed by atoms with E-state index in [1.807, 2.05) is 12.1 Å². The first-order valence-electron chi connectivity index (χ1n) is 9.30. The SMILES string of the molecule is CCn1ccs/c1=N\c1ccc(N2CCN(c3ccc(O)cc3)CC2)cc1. The predicted octanol–water partition coefficient (Wildman–Crippen LogP) is 3.83. The van der Waals surface area contributed by atoms with E-state index >= 15 is 0 Å². The summed E-state index contributed by atoms with van der Waals surface area (Å²) in [5.41, 5.74) is 3.40. The van der Waals surface area contributed by atoms with Crippen molar-refractivity contribution in [3.05, 3.63) is 64.9 Å². The lowest BCUT2D eigenvalue weighted by Gasteiger charge is -2.37. The standard InChI is InChI=1S/C21H24N4OS/c1-2-23-15-16-27-21(23)22-17-3-5-18(6-4-17)24-11-13-25(14-12-24)19-7-9-20(26)10-8-19/h3-10,15-16,26H,2,11-14H2,1H3/b22-21-. The predicted molar refractivity (Wildman–Crippen MR) is 112 cm³/mol. The molecule has 140 valence electrons. The second-order valence-corrected chi connectivity index (χ2v) is 7.46. The Balaban J connectivity index is 1.42. The Labute approximate surface area is 163 Å². The molecule has 0 spiro atoms. The number of phenols is 1. The van der Waals surface area contributed by atoms with Gasteiger partial charge in [-0.25, -0.2) is 4.99 Å². The number of aromatic nitrogens is 1. The number of nitrogens with zero attached hydrogens (tertiary/aromatic N) is 4. The van der Waals surface area contributed by atoms with Gasteiger partial charge in [0.25, 0.3) is 0 Å². The van der Waals surface area contributed by atoms with Crippen molar-refractivity contribution in [1.29, 1.82) is 0 Å². The number of thiazole rings is 1. The highest BCUT2D eigenvalue weighted by Crippen LogP contribution is 2.24. The van der Waals surface area contributed by atoms with Gasteiger partial charge in [-0.1, -0.05) is 0 Å². The molecule has 0 unspecified atom stereocenters. The molecule has 0 atom stereocenters. The zero-order chi connectivity index (χ0) is 18.6. The average Bonchev–Trinajstić information content (AvgIpc) is 3.16. The summed E-state index contributed by atoms with van der Waals surface area (Å²) in [6, 6.07) is 16.0. The maximum Gasteiger partial charge on any atom is 0.189 e. The highest BCUT2D eigenvalue weighted by atomic mass is 32.1. The van der Waals surface area contributed by atoms with Crippen molar-refractivity contribution in [3.63, 3.8) is 0 Å². The van der Waals surface area contributed by atoms with Gasteiger partial charge >= 0.3 is 0 Å². The molecule has 2 heterocycles. The lowest BCUT2D eigenvalue weighted by Crippen LogP contribution is -2.46. The van der Waals surface area contributed by atoms with E-state index in [9.17, 15) is 5.11 Å². The first-order chi connectivity index (χ1) is 13.2. The third-order valence-electron chi connectivity index (χ3n) is 4.93. The Morgan fingerprint density at radius 2 is 1.44 bits per heavy atom. The molecular weight excluding hydrogens is 356 g/mol. The summed E-state index contributed by atoms with van der Waals surface area (Å²) in [5, 5.41) is 11.5. The first-order valence-corrected chi connectivity index (χ1v) is 10.2. The minimum atomic E-state index is 0.315. The van der Waals surface area contributed by atoms with Crippen molar-refractivity contribution < 1.29 is 5.11 Å². The van der Waals surface area contributed by atoms with Crippen LogP contribution in [0.2, 0.25) is 0 Å². The smallest absolute Gasteiger partial charge is 0.189 e. The molecule has 1 aromatic heterocycles. The number of benzene rings is 2. The van der Waals surface area contributed by atoms with E-state index in [4.69, 9.17) is 4.99 Å². The van der Waals surface area contributed by atoms with Gasteiger partial charge in [-0.05, 0) is 55.5 Å². The van der Waals surface area contributed by atoms with Crippen LogP contribution in [0.1, 0.15) is 6.92 Å². The van der Waals surface area contributed by atoms with E-state index in [0.29, 0.717) is 5.75 Å². The molecule has 1 fully saturated rings. The van der Waals surface area contributed by atoms with Gasteiger partial charge in [0.1, 0.15) is 5.75 Å². The van der Waals surface area contributed by atoms with Crippen molar-refractivity contribution in [2.45, 2.75) is 13.5 Å². The second kappa shape index (κ2) is 7.88. The molecule has 5 nitrogen and oxygen atoms in total. The Bertz CT molecular complexity index is 935. The summed E-state index contributed by atoms with van der Waals surface area (Å²) in [7, 11) is 0. The van der Waals surface area contributed by atoms with Gasteiger partial charge in [0, 0.05) is 55.7 Å². The molecule has 3 aromatic rings. The van der Waals surface area contributed by atoms with Gasteiger partial charge < -0.3 is 19.5 Å². The Morgan fingerprint density at radius 1 is 0.889 bits per heavy atom. The number of rotatable bonds is 4. The van der Waals surface area contributed by atoms with Crippen LogP contribution in [-0.4, -0.2) is 35.9 Å². The first kappa shape index (κ1) is 17.7. The van der Waals surface area contributed by atoms with Crippen LogP contribution >= 0.6 is 11.3 Å². The van der Waals surface area contributed by atoms with Gasteiger partial charge in [0.2, 0.25) is 0 Å². The molecule has 1 aliphatic rings. The van der Waals surface area contributed by atoms with Crippen LogP contribution in [0.4, 0.5) is 17.1 Å². The molecular formula is C21H24N4OS. The van der Waals surface area contributed by atoms with Gasteiger partial charge in [-0.15, -0.1) is 11.3 Å². The Kier molecular flexibility index (Phi) is 5.16. The molecule has 0 radical (unpaired) electrons. The summed E-state index contributed by atoms with van der Waals surface area (Å²) in [4.78, 5) is 10.6. The molecule has 2 aromatic carbocycles. The van der Waals surface area contributed by atoms with Crippen molar-refractivity contribution >= 4 is 28.4 Å². The number of phenolic OH excluding ortho intramolecular Hbond substituents is 1. The van der Waals surface area contributed by atoms with E-state index in [0.717, 1.165) is 43.2 Å². The number of hydrogen-bond acceptors (Lipinski definition) is 5. The molecule has 0 bridgehead atoms. The molecule has 6 heteroatoms. The van der Waals surface area contributed by atoms with Gasteiger partial charge in [0.15, 0.2) is 4.80 Å². The number of hydrogen-bond donors (Lipinski definition) is 1. The van der Waals surface area contributed by atoms with Crippen molar-refractivity contribution in [2.75, 3.05) is 36.0 Å². The Morgan fingerprint density at radius 3 is 2.00 bits per heavy atom. The highest BCUT2D eigenvalue weighted by molar-refractivity contribution is 7.07. The van der Waals surface area contributed by atoms with Crippen molar-refractivity contribution in [2.24, 2.45) is 4.99 Å². The average molecular weight is 381 g/mol. The minimum Gasteiger partial charge on any atom is -0.508 e. The van der Waals surface area contributed by atoms with Crippen molar-refractivity contribution in [1.82, 2.24) is 4.57 Å². The fraction of sp³-hybridized carbons (Fsp3) is 0.286. The number of piperazine rings is 1. The number of anilines is 2. The van der Waals surface area contributed by atoms with Crippen LogP contribution < -0.4 is 14.6 Å². The molecule has 27 heavy (non-hydrogen) atoms. The molecule has 1 N–H and O–H groups in total. The third kappa shape index (κ3) is 4.01. The van der Waals surface area contributed by atoms with Gasteiger partial charge in [-0.2, -0.15) is 0 Å². The zero-order valence-electron chi connectivity index (χ0n) is 15.5. The lowest BCUT2D eigenvalue weighted by atomic mass is 10.2. The quantitative estimate of drug-likeness (QED) is 0.748. The number of aryl methyl sites for hydroxylation is 1. The fourth-order valence-electron chi connectivity index (χ4n) is 3.36. The van der Waals surface area contributed by atoms with E-state index in [1.165, 1.54) is 11.4 Å². The largest absolute Gasteiger partial charge is 0.508 e. The fourth-order valence-corrected chi connectivity index (χ4v) is 4.18. The molecule has 0 aliphatic carbocycles. The summed E-state index contributed by atoms with van der Waals surface area (Å²) >= 11 is 1.66. The molecule has 0 saturated carbocycles.